The molecule has 0 radical (unpaired) electrons. The van der Waals surface area contributed by atoms with E-state index < -0.39 is 6.09 Å². The fourth-order valence-corrected chi connectivity index (χ4v) is 4.67. The number of carboxylic acid groups (broad SMARTS) is 1. The standard InChI is InChI=1S/C25H28ClN3O3/c1-17-5-7-18(8-6-17)19-9-13-28(14-10-19)24(30)27-23-21(3-2-4-22(23)26)20-11-15-29(16-12-20)25(31)32/h2-8,11,19H,9-10,12-16H2,1H3,(H,27,30)(H,31,32). The summed E-state index contributed by atoms with van der Waals surface area (Å²) in [6.45, 7) is 4.23. The van der Waals surface area contributed by atoms with E-state index in [9.17, 15) is 14.7 Å². The summed E-state index contributed by atoms with van der Waals surface area (Å²) >= 11 is 6.46. The first-order valence-corrected chi connectivity index (χ1v) is 11.4. The summed E-state index contributed by atoms with van der Waals surface area (Å²) < 4.78 is 0. The lowest BCUT2D eigenvalue weighted by atomic mass is 9.89. The highest BCUT2D eigenvalue weighted by Gasteiger charge is 2.26. The van der Waals surface area contributed by atoms with Crippen LogP contribution in [0.3, 0.4) is 0 Å². The lowest BCUT2D eigenvalue weighted by molar-refractivity contribution is 0.150. The number of anilines is 1. The minimum atomic E-state index is -0.922. The number of carbonyl (C=O) groups excluding carboxylic acids is 1. The van der Waals surface area contributed by atoms with E-state index in [-0.39, 0.29) is 6.03 Å². The molecule has 2 heterocycles. The summed E-state index contributed by atoms with van der Waals surface area (Å²) in [5.74, 6) is 0.472. The topological polar surface area (TPSA) is 72.9 Å². The second-order valence-corrected chi connectivity index (χ2v) is 8.88. The van der Waals surface area contributed by atoms with E-state index in [1.54, 1.807) is 6.07 Å². The Balaban J connectivity index is 1.43. The zero-order valence-corrected chi connectivity index (χ0v) is 18.9. The maximum absolute atomic E-state index is 13.0. The summed E-state index contributed by atoms with van der Waals surface area (Å²) in [6.07, 6.45) is 3.42. The molecule has 0 aliphatic carbocycles. The fraction of sp³-hybridized carbons (Fsp3) is 0.360. The van der Waals surface area contributed by atoms with Gasteiger partial charge >= 0.3 is 12.1 Å². The lowest BCUT2D eigenvalue weighted by Crippen LogP contribution is -2.40. The summed E-state index contributed by atoms with van der Waals surface area (Å²) in [4.78, 5) is 27.4. The molecule has 0 unspecified atom stereocenters. The Morgan fingerprint density at radius 3 is 2.38 bits per heavy atom. The summed E-state index contributed by atoms with van der Waals surface area (Å²) in [7, 11) is 0. The molecule has 0 aromatic heterocycles. The van der Waals surface area contributed by atoms with E-state index in [2.05, 4.69) is 36.5 Å². The molecule has 2 N–H and O–H groups in total. The van der Waals surface area contributed by atoms with Crippen molar-refractivity contribution in [3.8, 4) is 0 Å². The van der Waals surface area contributed by atoms with Gasteiger partial charge in [0.15, 0.2) is 0 Å². The average Bonchev–Trinajstić information content (AvgIpc) is 2.81. The smallest absolute Gasteiger partial charge is 0.407 e. The van der Waals surface area contributed by atoms with E-state index >= 15 is 0 Å². The SMILES string of the molecule is Cc1ccc(C2CCN(C(=O)Nc3c(Cl)cccc3C3=CCN(C(=O)O)CC3)CC2)cc1. The minimum Gasteiger partial charge on any atom is -0.465 e. The number of aryl methyl sites for hydroxylation is 1. The van der Waals surface area contributed by atoms with Crippen LogP contribution in [0.1, 0.15) is 41.9 Å². The molecule has 0 bridgehead atoms. The second-order valence-electron chi connectivity index (χ2n) is 8.47. The molecule has 2 aliphatic rings. The monoisotopic (exact) mass is 453 g/mol. The van der Waals surface area contributed by atoms with Crippen LogP contribution in [0.4, 0.5) is 15.3 Å². The Bertz CT molecular complexity index is 1030. The van der Waals surface area contributed by atoms with Crippen molar-refractivity contribution in [1.82, 2.24) is 9.80 Å². The van der Waals surface area contributed by atoms with Crippen LogP contribution < -0.4 is 5.32 Å². The number of carbonyl (C=O) groups is 2. The highest BCUT2D eigenvalue weighted by molar-refractivity contribution is 6.34. The van der Waals surface area contributed by atoms with Gasteiger partial charge in [-0.15, -0.1) is 0 Å². The number of para-hydroxylation sites is 1. The third-order valence-electron chi connectivity index (χ3n) is 6.40. The van der Waals surface area contributed by atoms with Gasteiger partial charge < -0.3 is 20.2 Å². The molecular formula is C25H28ClN3O3. The lowest BCUT2D eigenvalue weighted by Gasteiger charge is -2.33. The van der Waals surface area contributed by atoms with Crippen molar-refractivity contribution in [3.05, 3.63) is 70.3 Å². The number of rotatable bonds is 3. The normalized spacial score (nSPS) is 17.1. The van der Waals surface area contributed by atoms with E-state index in [1.807, 2.05) is 23.1 Å². The van der Waals surface area contributed by atoms with E-state index in [1.165, 1.54) is 16.0 Å². The highest BCUT2D eigenvalue weighted by Crippen LogP contribution is 2.35. The Labute approximate surface area is 193 Å². The van der Waals surface area contributed by atoms with Crippen LogP contribution in [0.15, 0.2) is 48.5 Å². The fourth-order valence-electron chi connectivity index (χ4n) is 4.45. The number of hydrogen-bond donors (Lipinski definition) is 2. The molecule has 32 heavy (non-hydrogen) atoms. The van der Waals surface area contributed by atoms with Gasteiger partial charge in [0, 0.05) is 31.7 Å². The molecule has 1 fully saturated rings. The van der Waals surface area contributed by atoms with E-state index in [4.69, 9.17) is 11.6 Å². The van der Waals surface area contributed by atoms with Crippen LogP contribution in [-0.4, -0.2) is 53.2 Å². The number of urea groups is 1. The van der Waals surface area contributed by atoms with Crippen LogP contribution in [0.2, 0.25) is 5.02 Å². The first kappa shape index (κ1) is 22.2. The van der Waals surface area contributed by atoms with Gasteiger partial charge in [-0.3, -0.25) is 0 Å². The molecule has 0 saturated carbocycles. The quantitative estimate of drug-likeness (QED) is 0.614. The molecule has 1 saturated heterocycles. The van der Waals surface area contributed by atoms with Crippen molar-refractivity contribution in [2.75, 3.05) is 31.5 Å². The molecule has 0 spiro atoms. The molecule has 2 aliphatic heterocycles. The van der Waals surface area contributed by atoms with Gasteiger partial charge in [-0.2, -0.15) is 0 Å². The number of nitrogens with one attached hydrogen (secondary N) is 1. The van der Waals surface area contributed by atoms with Gasteiger partial charge in [-0.25, -0.2) is 9.59 Å². The molecule has 0 atom stereocenters. The number of amides is 3. The zero-order chi connectivity index (χ0) is 22.7. The Kier molecular flexibility index (Phi) is 6.70. The van der Waals surface area contributed by atoms with Crippen molar-refractivity contribution in [2.24, 2.45) is 0 Å². The van der Waals surface area contributed by atoms with Gasteiger partial charge in [-0.05, 0) is 49.3 Å². The number of hydrogen-bond acceptors (Lipinski definition) is 2. The van der Waals surface area contributed by atoms with Gasteiger partial charge in [-0.1, -0.05) is 59.6 Å². The number of halogens is 1. The van der Waals surface area contributed by atoms with Crippen molar-refractivity contribution in [3.63, 3.8) is 0 Å². The third-order valence-corrected chi connectivity index (χ3v) is 6.72. The second kappa shape index (κ2) is 9.65. The van der Waals surface area contributed by atoms with Crippen molar-refractivity contribution in [1.29, 1.82) is 0 Å². The molecule has 3 amide bonds. The Morgan fingerprint density at radius 2 is 1.75 bits per heavy atom. The number of likely N-dealkylation sites (tertiary alicyclic amines) is 1. The van der Waals surface area contributed by atoms with Crippen LogP contribution in [0.5, 0.6) is 0 Å². The van der Waals surface area contributed by atoms with Gasteiger partial charge in [0.05, 0.1) is 10.7 Å². The van der Waals surface area contributed by atoms with Crippen molar-refractivity contribution < 1.29 is 14.7 Å². The van der Waals surface area contributed by atoms with Crippen LogP contribution >= 0.6 is 11.6 Å². The predicted octanol–water partition coefficient (Wildman–Crippen LogP) is 5.83. The Hall–Kier alpha value is -2.99. The molecule has 2 aromatic rings. The molecular weight excluding hydrogens is 426 g/mol. The van der Waals surface area contributed by atoms with Crippen LogP contribution in [0, 0.1) is 6.92 Å². The number of benzene rings is 2. The first-order valence-electron chi connectivity index (χ1n) is 11.0. The number of nitrogens with zero attached hydrogens (tertiary/aromatic N) is 2. The maximum Gasteiger partial charge on any atom is 0.407 e. The zero-order valence-electron chi connectivity index (χ0n) is 18.2. The van der Waals surface area contributed by atoms with Crippen molar-refractivity contribution in [2.45, 2.75) is 32.1 Å². The summed E-state index contributed by atoms with van der Waals surface area (Å²) in [5.41, 5.74) is 5.03. The summed E-state index contributed by atoms with van der Waals surface area (Å²) in [5, 5.41) is 12.7. The predicted molar refractivity (Wildman–Crippen MR) is 127 cm³/mol. The van der Waals surface area contributed by atoms with Crippen LogP contribution in [0.25, 0.3) is 5.57 Å². The van der Waals surface area contributed by atoms with Crippen molar-refractivity contribution >= 4 is 35.0 Å². The maximum atomic E-state index is 13.0. The minimum absolute atomic E-state index is 0.148. The number of piperidine rings is 1. The molecule has 6 nitrogen and oxygen atoms in total. The van der Waals surface area contributed by atoms with Gasteiger partial charge in [0.2, 0.25) is 0 Å². The largest absolute Gasteiger partial charge is 0.465 e. The first-order chi connectivity index (χ1) is 15.4. The summed E-state index contributed by atoms with van der Waals surface area (Å²) in [6, 6.07) is 14.1. The Morgan fingerprint density at radius 1 is 1.03 bits per heavy atom. The van der Waals surface area contributed by atoms with E-state index in [0.29, 0.717) is 49.2 Å². The molecule has 7 heteroatoms. The van der Waals surface area contributed by atoms with Gasteiger partial charge in [0.1, 0.15) is 0 Å². The molecule has 4 rings (SSSR count). The molecule has 2 aromatic carbocycles. The average molecular weight is 454 g/mol. The van der Waals surface area contributed by atoms with E-state index in [0.717, 1.165) is 24.0 Å². The third kappa shape index (κ3) is 4.91. The van der Waals surface area contributed by atoms with Gasteiger partial charge in [0.25, 0.3) is 0 Å². The highest BCUT2D eigenvalue weighted by atomic mass is 35.5. The molecule has 168 valence electrons. The van der Waals surface area contributed by atoms with Crippen LogP contribution in [-0.2, 0) is 0 Å².